The number of carbonyl (C=O) groups is 1. The highest BCUT2D eigenvalue weighted by Gasteiger charge is 2.20. The molecule has 0 atom stereocenters. The van der Waals surface area contributed by atoms with E-state index in [1.165, 1.54) is 0 Å². The van der Waals surface area contributed by atoms with E-state index in [1.807, 2.05) is 6.79 Å². The van der Waals surface area contributed by atoms with Crippen molar-refractivity contribution in [2.75, 3.05) is 6.61 Å². The molecule has 28 heavy (non-hydrogen) atoms. The van der Waals surface area contributed by atoms with Crippen molar-refractivity contribution in [2.45, 2.75) is 16.2 Å². The van der Waals surface area contributed by atoms with Gasteiger partial charge in [0.25, 0.3) is 0 Å². The van der Waals surface area contributed by atoms with Crippen LogP contribution < -0.4 is 4.74 Å². The predicted octanol–water partition coefficient (Wildman–Crippen LogP) is 4.91. The molecule has 5 heteroatoms. The molecule has 0 heterocycles. The second-order valence-corrected chi connectivity index (χ2v) is 7.51. The van der Waals surface area contributed by atoms with Gasteiger partial charge in [-0.3, -0.25) is 0 Å². The summed E-state index contributed by atoms with van der Waals surface area (Å²) in [6.07, 6.45) is 7.14. The maximum Gasteiger partial charge on any atom is 0.206 e. The summed E-state index contributed by atoms with van der Waals surface area (Å²) >= 11 is 0. The molecule has 0 amide bonds. The van der Waals surface area contributed by atoms with E-state index in [-0.39, 0.29) is 9.79 Å². The molecule has 2 rings (SSSR count). The van der Waals surface area contributed by atoms with Crippen molar-refractivity contribution in [3.05, 3.63) is 91.6 Å². The van der Waals surface area contributed by atoms with Crippen molar-refractivity contribution in [3.63, 3.8) is 0 Å². The monoisotopic (exact) mass is 396 g/mol. The van der Waals surface area contributed by atoms with Crippen LogP contribution in [0.15, 0.2) is 84.7 Å². The first-order valence-electron chi connectivity index (χ1n) is 8.38. The summed E-state index contributed by atoms with van der Waals surface area (Å²) in [7, 11) is -3.67. The van der Waals surface area contributed by atoms with Crippen LogP contribution in [-0.4, -0.2) is 21.8 Å². The van der Waals surface area contributed by atoms with Crippen LogP contribution >= 0.6 is 0 Å². The van der Waals surface area contributed by atoms with E-state index >= 15 is 0 Å². The quantitative estimate of drug-likeness (QED) is 0.565. The molecule has 0 aliphatic rings. The van der Waals surface area contributed by atoms with Gasteiger partial charge in [-0.25, -0.2) is 8.42 Å². The van der Waals surface area contributed by atoms with Gasteiger partial charge < -0.3 is 9.53 Å². The third-order valence-electron chi connectivity index (χ3n) is 3.87. The van der Waals surface area contributed by atoms with Crippen LogP contribution in [0.2, 0.25) is 0 Å². The number of carbonyl (C=O) groups excluding carboxylic acids is 1. The molecule has 2 aromatic rings. The summed E-state index contributed by atoms with van der Waals surface area (Å²) in [5.41, 5.74) is 2.31. The summed E-state index contributed by atoms with van der Waals surface area (Å²) in [5, 5.41) is 0. The van der Waals surface area contributed by atoms with E-state index < -0.39 is 9.84 Å². The Morgan fingerprint density at radius 2 is 1.43 bits per heavy atom. The first-order chi connectivity index (χ1) is 13.5. The Hall–Kier alpha value is -3.18. The molecule has 0 fully saturated rings. The number of hydrogen-bond acceptors (Lipinski definition) is 4. The highest BCUT2D eigenvalue weighted by molar-refractivity contribution is 7.91. The smallest absolute Gasteiger partial charge is 0.206 e. The SMILES string of the molecule is C=CCOc1ccc(S(=O)(=O)c2ccc(C=C)c(C=C)c2)cc1CC=C.C=O. The predicted molar refractivity (Wildman–Crippen MR) is 115 cm³/mol. The second kappa shape index (κ2) is 10.8. The topological polar surface area (TPSA) is 60.4 Å². The number of ether oxygens (including phenoxy) is 1. The molecular formula is C23H24O4S. The lowest BCUT2D eigenvalue weighted by molar-refractivity contribution is -0.0979. The highest BCUT2D eigenvalue weighted by Crippen LogP contribution is 2.29. The first kappa shape index (κ1) is 22.9. The minimum Gasteiger partial charge on any atom is -0.489 e. The van der Waals surface area contributed by atoms with Crippen molar-refractivity contribution in [3.8, 4) is 5.75 Å². The first-order valence-corrected chi connectivity index (χ1v) is 9.86. The van der Waals surface area contributed by atoms with Gasteiger partial charge in [0.2, 0.25) is 9.84 Å². The lowest BCUT2D eigenvalue weighted by atomic mass is 10.1. The van der Waals surface area contributed by atoms with Gasteiger partial charge in [0.15, 0.2) is 0 Å². The molecule has 0 N–H and O–H groups in total. The van der Waals surface area contributed by atoms with Crippen LogP contribution in [0.25, 0.3) is 12.2 Å². The van der Waals surface area contributed by atoms with Gasteiger partial charge in [0, 0.05) is 0 Å². The minimum absolute atomic E-state index is 0.210. The van der Waals surface area contributed by atoms with Crippen LogP contribution in [0.1, 0.15) is 16.7 Å². The van der Waals surface area contributed by atoms with E-state index in [2.05, 4.69) is 26.3 Å². The van der Waals surface area contributed by atoms with Crippen molar-refractivity contribution in [1.29, 1.82) is 0 Å². The number of sulfone groups is 1. The molecule has 4 nitrogen and oxygen atoms in total. The largest absolute Gasteiger partial charge is 0.489 e. The fourth-order valence-electron chi connectivity index (χ4n) is 2.55. The fraction of sp³-hybridized carbons (Fsp3) is 0.0870. The molecule has 2 aromatic carbocycles. The van der Waals surface area contributed by atoms with Gasteiger partial charge in [0.05, 0.1) is 9.79 Å². The summed E-state index contributed by atoms with van der Waals surface area (Å²) in [4.78, 5) is 8.42. The lowest BCUT2D eigenvalue weighted by Crippen LogP contribution is -2.05. The zero-order valence-electron chi connectivity index (χ0n) is 15.8. The number of rotatable bonds is 9. The lowest BCUT2D eigenvalue weighted by Gasteiger charge is -2.12. The van der Waals surface area contributed by atoms with Gasteiger partial charge in [-0.2, -0.15) is 0 Å². The molecule has 0 radical (unpaired) electrons. The maximum atomic E-state index is 13.0. The fourth-order valence-corrected chi connectivity index (χ4v) is 3.89. The molecule has 146 valence electrons. The molecular weight excluding hydrogens is 372 g/mol. The van der Waals surface area contributed by atoms with E-state index in [1.54, 1.807) is 60.7 Å². The Kier molecular flexibility index (Phi) is 8.85. The van der Waals surface area contributed by atoms with Gasteiger partial charge in [0.1, 0.15) is 19.1 Å². The summed E-state index contributed by atoms with van der Waals surface area (Å²) in [6.45, 7) is 17.2. The maximum absolute atomic E-state index is 13.0. The standard InChI is InChI=1S/C22H22O3S.CH2O/c1-5-9-19-16-21(12-13-22(19)25-14-6-2)26(23,24)20-11-10-17(7-3)18(8-4)15-20;1-2/h5-8,10-13,15-16H,1-4,9,14H2;1H2. The third kappa shape index (κ3) is 5.18. The van der Waals surface area contributed by atoms with Crippen LogP contribution in [0.4, 0.5) is 0 Å². The van der Waals surface area contributed by atoms with Crippen molar-refractivity contribution in [2.24, 2.45) is 0 Å². The van der Waals surface area contributed by atoms with Crippen LogP contribution in [0.3, 0.4) is 0 Å². The molecule has 0 bridgehead atoms. The normalized spacial score (nSPS) is 10.1. The number of benzene rings is 2. The molecule has 0 aliphatic carbocycles. The van der Waals surface area contributed by atoms with Crippen LogP contribution in [0, 0.1) is 0 Å². The Bertz CT molecular complexity index is 972. The third-order valence-corrected chi connectivity index (χ3v) is 5.62. The average Bonchev–Trinajstić information content (AvgIpc) is 2.73. The zero-order valence-corrected chi connectivity index (χ0v) is 16.6. The average molecular weight is 397 g/mol. The number of hydrogen-bond donors (Lipinski definition) is 0. The van der Waals surface area contributed by atoms with Crippen molar-refractivity contribution in [1.82, 2.24) is 0 Å². The van der Waals surface area contributed by atoms with Crippen LogP contribution in [-0.2, 0) is 21.1 Å². The Morgan fingerprint density at radius 3 is 2.00 bits per heavy atom. The van der Waals surface area contributed by atoms with Gasteiger partial charge >= 0.3 is 0 Å². The van der Waals surface area contributed by atoms with Gasteiger partial charge in [-0.15, -0.1) is 6.58 Å². The molecule has 0 spiro atoms. The molecule has 0 unspecified atom stereocenters. The Labute approximate surface area is 167 Å². The minimum atomic E-state index is -3.67. The van der Waals surface area contributed by atoms with E-state index in [4.69, 9.17) is 9.53 Å². The Balaban J connectivity index is 0.00000190. The second-order valence-electron chi connectivity index (χ2n) is 5.56. The zero-order chi connectivity index (χ0) is 21.2. The molecule has 0 saturated heterocycles. The van der Waals surface area contributed by atoms with E-state index in [9.17, 15) is 8.42 Å². The number of allylic oxidation sites excluding steroid dienone is 1. The highest BCUT2D eigenvalue weighted by atomic mass is 32.2. The van der Waals surface area contributed by atoms with Crippen molar-refractivity contribution < 1.29 is 17.9 Å². The summed E-state index contributed by atoms with van der Waals surface area (Å²) in [6, 6.07) is 9.76. The van der Waals surface area contributed by atoms with E-state index in [0.29, 0.717) is 18.8 Å². The summed E-state index contributed by atoms with van der Waals surface area (Å²) < 4.78 is 31.7. The molecule has 0 saturated carbocycles. The van der Waals surface area contributed by atoms with Gasteiger partial charge in [-0.05, 0) is 53.4 Å². The van der Waals surface area contributed by atoms with Crippen molar-refractivity contribution >= 4 is 28.8 Å². The summed E-state index contributed by atoms with van der Waals surface area (Å²) in [5.74, 6) is 0.623. The van der Waals surface area contributed by atoms with Gasteiger partial charge in [-0.1, -0.05) is 50.1 Å². The molecule has 0 aromatic heterocycles. The Morgan fingerprint density at radius 1 is 0.821 bits per heavy atom. The van der Waals surface area contributed by atoms with Crippen LogP contribution in [0.5, 0.6) is 5.75 Å². The van der Waals surface area contributed by atoms with E-state index in [0.717, 1.165) is 16.7 Å². The molecule has 0 aliphatic heterocycles.